The van der Waals surface area contributed by atoms with Gasteiger partial charge in [-0.05, 0) is 29.8 Å². The Morgan fingerprint density at radius 1 is 1.10 bits per heavy atom. The SMILES string of the molecule is N#Cc1ccc(Cl)cc1N(Cc1ccccc1)C(=O)c1csc(-c2ncccn2)n1. The molecule has 0 spiro atoms. The molecule has 2 aromatic heterocycles. The minimum Gasteiger partial charge on any atom is -0.301 e. The molecule has 0 aliphatic heterocycles. The number of thiazole rings is 1. The summed E-state index contributed by atoms with van der Waals surface area (Å²) in [4.78, 5) is 27.8. The fraction of sp³-hybridized carbons (Fsp3) is 0.0455. The molecule has 0 aliphatic rings. The van der Waals surface area contributed by atoms with Crippen LogP contribution >= 0.6 is 22.9 Å². The average molecular weight is 432 g/mol. The Morgan fingerprint density at radius 2 is 1.87 bits per heavy atom. The summed E-state index contributed by atoms with van der Waals surface area (Å²) in [6, 6.07) is 18.2. The molecular formula is C22H14ClN5OS. The Labute approximate surface area is 182 Å². The summed E-state index contributed by atoms with van der Waals surface area (Å²) < 4.78 is 0. The van der Waals surface area contributed by atoms with Gasteiger partial charge in [0.25, 0.3) is 5.91 Å². The maximum atomic E-state index is 13.5. The molecule has 0 aliphatic carbocycles. The molecule has 8 heteroatoms. The van der Waals surface area contributed by atoms with Gasteiger partial charge in [-0.3, -0.25) is 4.79 Å². The van der Waals surface area contributed by atoms with Crippen LogP contribution in [0.2, 0.25) is 5.02 Å². The van der Waals surface area contributed by atoms with Crippen LogP contribution in [0.1, 0.15) is 21.6 Å². The highest BCUT2D eigenvalue weighted by atomic mass is 35.5. The van der Waals surface area contributed by atoms with Crippen LogP contribution in [0.25, 0.3) is 10.8 Å². The first-order valence-corrected chi connectivity index (χ1v) is 10.2. The molecule has 0 N–H and O–H groups in total. The molecular weight excluding hydrogens is 418 g/mol. The maximum absolute atomic E-state index is 13.5. The van der Waals surface area contributed by atoms with E-state index in [-0.39, 0.29) is 18.1 Å². The summed E-state index contributed by atoms with van der Waals surface area (Å²) in [5, 5.41) is 12.2. The van der Waals surface area contributed by atoms with E-state index in [0.717, 1.165) is 5.56 Å². The molecule has 30 heavy (non-hydrogen) atoms. The smallest absolute Gasteiger partial charge is 0.278 e. The number of nitrogens with zero attached hydrogens (tertiary/aromatic N) is 5. The predicted octanol–water partition coefficient (Wildman–Crippen LogP) is 4.97. The summed E-state index contributed by atoms with van der Waals surface area (Å²) in [6.45, 7) is 0.267. The number of nitriles is 1. The van der Waals surface area contributed by atoms with E-state index >= 15 is 0 Å². The number of amides is 1. The minimum absolute atomic E-state index is 0.252. The molecule has 0 unspecified atom stereocenters. The second-order valence-corrected chi connectivity index (χ2v) is 7.56. The molecule has 0 atom stereocenters. The molecule has 0 bridgehead atoms. The first-order chi connectivity index (χ1) is 14.7. The standard InChI is InChI=1S/C22H14ClN5OS/c23-17-8-7-16(12-24)19(11-17)28(13-15-5-2-1-3-6-15)22(29)18-14-30-21(27-18)20-25-9-4-10-26-20/h1-11,14H,13H2. The Bertz CT molecular complexity index is 1220. The van der Waals surface area contributed by atoms with Gasteiger partial charge < -0.3 is 4.90 Å². The van der Waals surface area contributed by atoms with Crippen molar-refractivity contribution in [2.45, 2.75) is 6.54 Å². The zero-order valence-corrected chi connectivity index (χ0v) is 17.1. The van der Waals surface area contributed by atoms with Gasteiger partial charge in [-0.2, -0.15) is 5.26 Å². The summed E-state index contributed by atoms with van der Waals surface area (Å²) in [5.41, 5.74) is 1.95. The molecule has 0 fully saturated rings. The fourth-order valence-corrected chi connectivity index (χ4v) is 3.78. The predicted molar refractivity (Wildman–Crippen MR) is 116 cm³/mol. The van der Waals surface area contributed by atoms with Gasteiger partial charge >= 0.3 is 0 Å². The third kappa shape index (κ3) is 4.20. The average Bonchev–Trinajstić information content (AvgIpc) is 3.29. The molecule has 6 nitrogen and oxygen atoms in total. The second-order valence-electron chi connectivity index (χ2n) is 6.26. The highest BCUT2D eigenvalue weighted by Gasteiger charge is 2.24. The van der Waals surface area contributed by atoms with Crippen molar-refractivity contribution in [2.75, 3.05) is 4.90 Å². The van der Waals surface area contributed by atoms with Crippen molar-refractivity contribution in [3.8, 4) is 16.9 Å². The third-order valence-corrected chi connectivity index (χ3v) is 5.35. The topological polar surface area (TPSA) is 82.8 Å². The van der Waals surface area contributed by atoms with Crippen molar-refractivity contribution < 1.29 is 4.79 Å². The molecule has 2 aromatic carbocycles. The van der Waals surface area contributed by atoms with Crippen LogP contribution in [-0.4, -0.2) is 20.9 Å². The summed E-state index contributed by atoms with van der Waals surface area (Å²) in [5.74, 6) is 0.118. The molecule has 4 rings (SSSR count). The largest absolute Gasteiger partial charge is 0.301 e. The maximum Gasteiger partial charge on any atom is 0.278 e. The monoisotopic (exact) mass is 431 g/mol. The van der Waals surface area contributed by atoms with E-state index in [4.69, 9.17) is 11.6 Å². The quantitative estimate of drug-likeness (QED) is 0.445. The van der Waals surface area contributed by atoms with Gasteiger partial charge in [0.05, 0.1) is 17.8 Å². The summed E-state index contributed by atoms with van der Waals surface area (Å²) in [7, 11) is 0. The number of hydrogen-bond donors (Lipinski definition) is 0. The third-order valence-electron chi connectivity index (χ3n) is 4.28. The van der Waals surface area contributed by atoms with Crippen molar-refractivity contribution >= 4 is 34.5 Å². The number of aromatic nitrogens is 3. The van der Waals surface area contributed by atoms with E-state index in [1.807, 2.05) is 30.3 Å². The Balaban J connectivity index is 1.75. The van der Waals surface area contributed by atoms with Gasteiger partial charge in [0.1, 0.15) is 11.8 Å². The first kappa shape index (κ1) is 19.7. The number of carbonyl (C=O) groups is 1. The number of carbonyl (C=O) groups excluding carboxylic acids is 1. The molecule has 2 heterocycles. The van der Waals surface area contributed by atoms with Crippen LogP contribution in [0.15, 0.2) is 72.4 Å². The van der Waals surface area contributed by atoms with E-state index in [2.05, 4.69) is 21.0 Å². The highest BCUT2D eigenvalue weighted by molar-refractivity contribution is 7.13. The Hall–Kier alpha value is -3.60. The molecule has 0 saturated heterocycles. The van der Waals surface area contributed by atoms with Gasteiger partial charge in [0.2, 0.25) is 0 Å². The van der Waals surface area contributed by atoms with E-state index in [0.29, 0.717) is 27.1 Å². The molecule has 4 aromatic rings. The lowest BCUT2D eigenvalue weighted by atomic mass is 10.1. The fourth-order valence-electron chi connectivity index (χ4n) is 2.88. The van der Waals surface area contributed by atoms with Crippen molar-refractivity contribution in [3.63, 3.8) is 0 Å². The van der Waals surface area contributed by atoms with Crippen LogP contribution in [0, 0.1) is 11.3 Å². The van der Waals surface area contributed by atoms with Gasteiger partial charge in [-0.15, -0.1) is 11.3 Å². The normalized spacial score (nSPS) is 10.4. The molecule has 1 amide bonds. The summed E-state index contributed by atoms with van der Waals surface area (Å²) >= 11 is 7.47. The van der Waals surface area contributed by atoms with Gasteiger partial charge in [0, 0.05) is 22.8 Å². The van der Waals surface area contributed by atoms with Crippen molar-refractivity contribution in [1.82, 2.24) is 15.0 Å². The van der Waals surface area contributed by atoms with Crippen molar-refractivity contribution in [1.29, 1.82) is 5.26 Å². The van der Waals surface area contributed by atoms with Gasteiger partial charge in [-0.25, -0.2) is 15.0 Å². The van der Waals surface area contributed by atoms with Crippen LogP contribution in [0.4, 0.5) is 5.69 Å². The zero-order valence-electron chi connectivity index (χ0n) is 15.6. The molecule has 146 valence electrons. The Kier molecular flexibility index (Phi) is 5.80. The van der Waals surface area contributed by atoms with E-state index in [1.165, 1.54) is 16.2 Å². The van der Waals surface area contributed by atoms with Crippen LogP contribution < -0.4 is 4.90 Å². The lowest BCUT2D eigenvalue weighted by Crippen LogP contribution is -2.31. The minimum atomic E-state index is -0.337. The molecule has 0 radical (unpaired) electrons. The number of anilines is 1. The van der Waals surface area contributed by atoms with Gasteiger partial charge in [0.15, 0.2) is 10.8 Å². The lowest BCUT2D eigenvalue weighted by Gasteiger charge is -2.23. The Morgan fingerprint density at radius 3 is 2.60 bits per heavy atom. The van der Waals surface area contributed by atoms with Crippen molar-refractivity contribution in [2.24, 2.45) is 0 Å². The second kappa shape index (κ2) is 8.82. The molecule has 0 saturated carbocycles. The highest BCUT2D eigenvalue weighted by Crippen LogP contribution is 2.29. The zero-order chi connectivity index (χ0) is 20.9. The van der Waals surface area contributed by atoms with Crippen LogP contribution in [0.5, 0.6) is 0 Å². The van der Waals surface area contributed by atoms with Crippen LogP contribution in [-0.2, 0) is 6.54 Å². The lowest BCUT2D eigenvalue weighted by molar-refractivity contribution is 0.0981. The van der Waals surface area contributed by atoms with E-state index < -0.39 is 0 Å². The number of rotatable bonds is 5. The van der Waals surface area contributed by atoms with E-state index in [9.17, 15) is 10.1 Å². The van der Waals surface area contributed by atoms with E-state index in [1.54, 1.807) is 42.0 Å². The first-order valence-electron chi connectivity index (χ1n) is 8.94. The van der Waals surface area contributed by atoms with Gasteiger partial charge in [-0.1, -0.05) is 41.9 Å². The number of benzene rings is 2. The van der Waals surface area contributed by atoms with Crippen LogP contribution in [0.3, 0.4) is 0 Å². The summed E-state index contributed by atoms with van der Waals surface area (Å²) in [6.07, 6.45) is 3.25. The number of halogens is 1. The van der Waals surface area contributed by atoms with Crippen molar-refractivity contribution in [3.05, 3.63) is 94.2 Å². The number of hydrogen-bond acceptors (Lipinski definition) is 6.